The molecule has 6 heteroatoms. The first-order valence-corrected chi connectivity index (χ1v) is 8.39. The van der Waals surface area contributed by atoms with E-state index >= 15 is 0 Å². The van der Waals surface area contributed by atoms with E-state index in [1.54, 1.807) is 26.2 Å². The molecule has 124 valence electrons. The smallest absolute Gasteiger partial charge is 0.322 e. The van der Waals surface area contributed by atoms with Crippen molar-refractivity contribution in [3.8, 4) is 0 Å². The van der Waals surface area contributed by atoms with Gasteiger partial charge in [-0.2, -0.15) is 0 Å². The fourth-order valence-electron chi connectivity index (χ4n) is 3.64. The second-order valence-corrected chi connectivity index (χ2v) is 7.11. The summed E-state index contributed by atoms with van der Waals surface area (Å²) in [6, 6.07) is 3.26. The van der Waals surface area contributed by atoms with Gasteiger partial charge in [-0.25, -0.2) is 0 Å². The molecule has 4 nitrogen and oxygen atoms in total. The Labute approximate surface area is 145 Å². The lowest BCUT2D eigenvalue weighted by Gasteiger charge is -2.33. The minimum atomic E-state index is -1.02. The predicted octanol–water partition coefficient (Wildman–Crippen LogP) is 3.84. The maximum absolute atomic E-state index is 13.0. The largest absolute Gasteiger partial charge is 0.450 e. The number of aryl methyl sites for hydroxylation is 1. The molecular weight excluding hydrogens is 339 g/mol. The first kappa shape index (κ1) is 16.7. The third-order valence-electron chi connectivity index (χ3n) is 4.91. The van der Waals surface area contributed by atoms with Crippen molar-refractivity contribution >= 4 is 35.0 Å². The fraction of sp³-hybridized carbons (Fsp3) is 0.529. The van der Waals surface area contributed by atoms with Crippen molar-refractivity contribution in [2.45, 2.75) is 50.2 Å². The first-order chi connectivity index (χ1) is 10.9. The van der Waals surface area contributed by atoms with Crippen molar-refractivity contribution in [2.24, 2.45) is 0 Å². The van der Waals surface area contributed by atoms with E-state index in [0.717, 1.165) is 5.56 Å². The highest BCUT2D eigenvalue weighted by atomic mass is 35.5. The lowest BCUT2D eigenvalue weighted by atomic mass is 9.76. The molecule has 0 bridgehead atoms. The van der Waals surface area contributed by atoms with E-state index in [2.05, 4.69) is 0 Å². The molecule has 0 aromatic heterocycles. The van der Waals surface area contributed by atoms with Gasteiger partial charge in [0.25, 0.3) is 0 Å². The number of hydrogen-bond acceptors (Lipinski definition) is 4. The molecule has 2 fully saturated rings. The Morgan fingerprint density at radius 3 is 2.43 bits per heavy atom. The van der Waals surface area contributed by atoms with Crippen LogP contribution in [0, 0.1) is 6.92 Å². The van der Waals surface area contributed by atoms with Crippen LogP contribution in [-0.2, 0) is 19.1 Å². The molecule has 1 aliphatic carbocycles. The van der Waals surface area contributed by atoms with Gasteiger partial charge in [0.1, 0.15) is 5.92 Å². The maximum Gasteiger partial charge on any atom is 0.322 e. The van der Waals surface area contributed by atoms with E-state index in [4.69, 9.17) is 32.7 Å². The molecule has 1 atom stereocenters. The van der Waals surface area contributed by atoms with E-state index in [1.807, 2.05) is 0 Å². The number of methoxy groups -OCH3 is 1. The van der Waals surface area contributed by atoms with Crippen LogP contribution in [-0.4, -0.2) is 30.6 Å². The molecule has 0 amide bonds. The van der Waals surface area contributed by atoms with Crippen LogP contribution in [0.5, 0.6) is 0 Å². The topological polar surface area (TPSA) is 52.6 Å². The summed E-state index contributed by atoms with van der Waals surface area (Å²) in [4.78, 5) is 25.4. The van der Waals surface area contributed by atoms with Gasteiger partial charge in [-0.1, -0.05) is 23.2 Å². The number of benzene rings is 1. The average molecular weight is 357 g/mol. The number of ketones is 1. The van der Waals surface area contributed by atoms with Crippen LogP contribution in [0.25, 0.3) is 0 Å². The Morgan fingerprint density at radius 2 is 1.87 bits per heavy atom. The van der Waals surface area contributed by atoms with Crippen molar-refractivity contribution in [3.63, 3.8) is 0 Å². The zero-order valence-corrected chi connectivity index (χ0v) is 14.5. The second-order valence-electron chi connectivity index (χ2n) is 6.27. The number of halogens is 2. The van der Waals surface area contributed by atoms with Gasteiger partial charge in [0, 0.05) is 17.2 Å². The summed E-state index contributed by atoms with van der Waals surface area (Å²) in [6.45, 7) is 1.79. The van der Waals surface area contributed by atoms with Crippen molar-refractivity contribution in [1.82, 2.24) is 0 Å². The number of rotatable bonds is 2. The van der Waals surface area contributed by atoms with Crippen LogP contribution >= 0.6 is 23.2 Å². The van der Waals surface area contributed by atoms with Gasteiger partial charge in [0.2, 0.25) is 0 Å². The fourth-order valence-corrected chi connectivity index (χ4v) is 4.35. The van der Waals surface area contributed by atoms with E-state index in [-0.39, 0.29) is 11.9 Å². The average Bonchev–Trinajstić information content (AvgIpc) is 2.72. The standard InChI is InChI=1S/C17H18Cl2O4/c1-9-7-10(18)8-12(19)13(9)14-15(20)17(23-16(14)21)5-3-11(22-2)4-6-17/h7-8,11,14H,3-6H2,1-2H3. The number of carbonyl (C=O) groups excluding carboxylic acids is 2. The highest BCUT2D eigenvalue weighted by molar-refractivity contribution is 6.36. The molecule has 1 aromatic rings. The Hall–Kier alpha value is -1.10. The van der Waals surface area contributed by atoms with E-state index in [0.29, 0.717) is 41.3 Å². The molecular formula is C17H18Cl2O4. The van der Waals surface area contributed by atoms with Gasteiger partial charge >= 0.3 is 5.97 Å². The summed E-state index contributed by atoms with van der Waals surface area (Å²) in [5.74, 6) is -1.67. The summed E-state index contributed by atoms with van der Waals surface area (Å²) in [6.07, 6.45) is 2.52. The molecule has 1 saturated carbocycles. The molecule has 2 aliphatic rings. The Bertz CT molecular complexity index is 640. The highest BCUT2D eigenvalue weighted by Gasteiger charge is 2.57. The SMILES string of the molecule is COC1CCC2(CC1)OC(=O)C(c1c(C)cc(Cl)cc1Cl)C2=O. The number of esters is 1. The molecule has 1 aliphatic heterocycles. The third-order valence-corrected chi connectivity index (χ3v) is 5.44. The Balaban J connectivity index is 1.94. The summed E-state index contributed by atoms with van der Waals surface area (Å²) < 4.78 is 10.9. The van der Waals surface area contributed by atoms with E-state index in [9.17, 15) is 9.59 Å². The molecule has 1 heterocycles. The second kappa shape index (κ2) is 6.08. The van der Waals surface area contributed by atoms with Gasteiger partial charge in [0.05, 0.1) is 6.10 Å². The summed E-state index contributed by atoms with van der Waals surface area (Å²) in [5, 5.41) is 0.804. The van der Waals surface area contributed by atoms with Crippen LogP contribution in [0.1, 0.15) is 42.7 Å². The van der Waals surface area contributed by atoms with Crippen molar-refractivity contribution in [3.05, 3.63) is 33.3 Å². The normalized spacial score (nSPS) is 30.8. The summed E-state index contributed by atoms with van der Waals surface area (Å²) >= 11 is 12.2. The predicted molar refractivity (Wildman–Crippen MR) is 87.0 cm³/mol. The molecule has 0 N–H and O–H groups in total. The monoisotopic (exact) mass is 356 g/mol. The molecule has 1 saturated heterocycles. The first-order valence-electron chi connectivity index (χ1n) is 7.63. The maximum atomic E-state index is 13.0. The lowest BCUT2D eigenvalue weighted by Crippen LogP contribution is -2.42. The Morgan fingerprint density at radius 1 is 1.22 bits per heavy atom. The summed E-state index contributed by atoms with van der Waals surface area (Å²) in [7, 11) is 1.66. The van der Waals surface area contributed by atoms with Crippen molar-refractivity contribution in [1.29, 1.82) is 0 Å². The molecule has 1 unspecified atom stereocenters. The van der Waals surface area contributed by atoms with E-state index in [1.165, 1.54) is 0 Å². The number of hydrogen-bond donors (Lipinski definition) is 0. The molecule has 1 aromatic carbocycles. The molecule has 23 heavy (non-hydrogen) atoms. The van der Waals surface area contributed by atoms with Gasteiger partial charge in [-0.3, -0.25) is 9.59 Å². The Kier molecular flexibility index (Phi) is 4.43. The molecule has 1 spiro atoms. The van der Waals surface area contributed by atoms with Gasteiger partial charge < -0.3 is 9.47 Å². The zero-order chi connectivity index (χ0) is 16.8. The van der Waals surface area contributed by atoms with Crippen LogP contribution < -0.4 is 0 Å². The van der Waals surface area contributed by atoms with Crippen molar-refractivity contribution < 1.29 is 19.1 Å². The number of ether oxygens (including phenoxy) is 2. The van der Waals surface area contributed by atoms with Crippen LogP contribution in [0.3, 0.4) is 0 Å². The number of carbonyl (C=O) groups is 2. The number of Topliss-reactive ketones (excluding diaryl/α,β-unsaturated/α-hetero) is 1. The zero-order valence-electron chi connectivity index (χ0n) is 13.0. The van der Waals surface area contributed by atoms with Gasteiger partial charge in [-0.15, -0.1) is 0 Å². The highest BCUT2D eigenvalue weighted by Crippen LogP contribution is 2.46. The molecule has 0 radical (unpaired) electrons. The van der Waals surface area contributed by atoms with Gasteiger partial charge in [0.15, 0.2) is 11.4 Å². The minimum Gasteiger partial charge on any atom is -0.450 e. The van der Waals surface area contributed by atoms with Crippen LogP contribution in [0.15, 0.2) is 12.1 Å². The van der Waals surface area contributed by atoms with E-state index < -0.39 is 17.5 Å². The van der Waals surface area contributed by atoms with Crippen molar-refractivity contribution in [2.75, 3.05) is 7.11 Å². The third kappa shape index (κ3) is 2.77. The van der Waals surface area contributed by atoms with Gasteiger partial charge in [-0.05, 0) is 55.9 Å². The lowest BCUT2D eigenvalue weighted by molar-refractivity contribution is -0.157. The molecule has 3 rings (SSSR count). The summed E-state index contributed by atoms with van der Waals surface area (Å²) in [5.41, 5.74) is 0.212. The van der Waals surface area contributed by atoms with Crippen LogP contribution in [0.2, 0.25) is 10.0 Å². The van der Waals surface area contributed by atoms with Crippen LogP contribution in [0.4, 0.5) is 0 Å². The minimum absolute atomic E-state index is 0.118. The quantitative estimate of drug-likeness (QED) is 0.596.